The maximum Gasteiger partial charge on any atom is 0.271 e. The van der Waals surface area contributed by atoms with E-state index in [1.165, 1.54) is 0 Å². The topological polar surface area (TPSA) is 79.2 Å². The minimum absolute atomic E-state index is 0.0498. The number of amides is 1. The Labute approximate surface area is 140 Å². The average Bonchev–Trinajstić information content (AvgIpc) is 3.25. The molecule has 2 aromatic rings. The van der Waals surface area contributed by atoms with Crippen LogP contribution < -0.4 is 0 Å². The van der Waals surface area contributed by atoms with Gasteiger partial charge in [0.15, 0.2) is 11.5 Å². The monoisotopic (exact) mass is 327 g/mol. The molecule has 1 N–H and O–H groups in total. The standard InChI is InChI=1S/C18H21N3O3/c1-10-9-15(24-20-10)13-6-4-8-21(13)18(23)17-11(2)16-12(19-17)5-3-7-14(16)22/h9,13,19H,3-8H2,1-2H3/t13-/m0/s1. The van der Waals surface area contributed by atoms with Crippen molar-refractivity contribution in [3.8, 4) is 0 Å². The molecule has 0 bridgehead atoms. The van der Waals surface area contributed by atoms with Crippen LogP contribution in [0.25, 0.3) is 0 Å². The third-order valence-electron chi connectivity index (χ3n) is 5.14. The quantitative estimate of drug-likeness (QED) is 0.919. The highest BCUT2D eigenvalue weighted by Crippen LogP contribution is 2.35. The maximum absolute atomic E-state index is 13.1. The predicted molar refractivity (Wildman–Crippen MR) is 87.0 cm³/mol. The van der Waals surface area contributed by atoms with Crippen molar-refractivity contribution in [2.24, 2.45) is 0 Å². The molecule has 4 rings (SSSR count). The molecule has 2 aromatic heterocycles. The second kappa shape index (κ2) is 5.61. The molecule has 6 heteroatoms. The first-order valence-corrected chi connectivity index (χ1v) is 8.55. The molecule has 126 valence electrons. The summed E-state index contributed by atoms with van der Waals surface area (Å²) < 4.78 is 5.38. The highest BCUT2D eigenvalue weighted by atomic mass is 16.5. The van der Waals surface area contributed by atoms with E-state index in [0.29, 0.717) is 18.7 Å². The molecule has 2 aliphatic rings. The van der Waals surface area contributed by atoms with Gasteiger partial charge in [-0.2, -0.15) is 0 Å². The number of H-pyrrole nitrogens is 1. The molecule has 1 aliphatic carbocycles. The average molecular weight is 327 g/mol. The van der Waals surface area contributed by atoms with Crippen molar-refractivity contribution >= 4 is 11.7 Å². The van der Waals surface area contributed by atoms with Gasteiger partial charge >= 0.3 is 0 Å². The van der Waals surface area contributed by atoms with Gasteiger partial charge in [0.25, 0.3) is 5.91 Å². The fourth-order valence-electron chi connectivity index (χ4n) is 3.98. The summed E-state index contributed by atoms with van der Waals surface area (Å²) in [6, 6.07) is 1.82. The summed E-state index contributed by atoms with van der Waals surface area (Å²) in [5.41, 5.74) is 3.81. The Bertz CT molecular complexity index is 818. The first kappa shape index (κ1) is 15.2. The van der Waals surface area contributed by atoms with Crippen LogP contribution in [0, 0.1) is 13.8 Å². The van der Waals surface area contributed by atoms with E-state index >= 15 is 0 Å². The van der Waals surface area contributed by atoms with E-state index in [1.807, 2.05) is 24.8 Å². The van der Waals surface area contributed by atoms with E-state index in [2.05, 4.69) is 10.1 Å². The maximum atomic E-state index is 13.1. The molecule has 1 aliphatic heterocycles. The van der Waals surface area contributed by atoms with Crippen LogP contribution in [0.1, 0.15) is 75.3 Å². The summed E-state index contributed by atoms with van der Waals surface area (Å²) in [4.78, 5) is 30.4. The number of aromatic nitrogens is 2. The highest BCUT2D eigenvalue weighted by Gasteiger charge is 2.36. The zero-order valence-electron chi connectivity index (χ0n) is 14.0. The Balaban J connectivity index is 1.67. The lowest BCUT2D eigenvalue weighted by Gasteiger charge is -2.22. The van der Waals surface area contributed by atoms with Gasteiger partial charge < -0.3 is 14.4 Å². The van der Waals surface area contributed by atoms with Crippen molar-refractivity contribution in [3.63, 3.8) is 0 Å². The smallest absolute Gasteiger partial charge is 0.271 e. The zero-order valence-corrected chi connectivity index (χ0v) is 14.0. The minimum atomic E-state index is -0.0749. The molecule has 1 amide bonds. The van der Waals surface area contributed by atoms with Gasteiger partial charge in [0.2, 0.25) is 0 Å². The number of aromatic amines is 1. The van der Waals surface area contributed by atoms with Gasteiger partial charge in [0.1, 0.15) is 5.69 Å². The summed E-state index contributed by atoms with van der Waals surface area (Å²) in [6.07, 6.45) is 4.07. The molecule has 3 heterocycles. The molecule has 0 aromatic carbocycles. The summed E-state index contributed by atoms with van der Waals surface area (Å²) in [7, 11) is 0. The Morgan fingerprint density at radius 3 is 2.88 bits per heavy atom. The molecule has 1 saturated heterocycles. The van der Waals surface area contributed by atoms with Crippen LogP contribution in [0.4, 0.5) is 0 Å². The third kappa shape index (κ3) is 2.28. The second-order valence-electron chi connectivity index (χ2n) is 6.78. The van der Waals surface area contributed by atoms with Crippen molar-refractivity contribution in [2.45, 2.75) is 52.0 Å². The van der Waals surface area contributed by atoms with Crippen LogP contribution in [0.3, 0.4) is 0 Å². The molecule has 24 heavy (non-hydrogen) atoms. The molecule has 0 unspecified atom stereocenters. The number of likely N-dealkylation sites (tertiary alicyclic amines) is 1. The van der Waals surface area contributed by atoms with Crippen LogP contribution in [-0.4, -0.2) is 33.3 Å². The van der Waals surface area contributed by atoms with Gasteiger partial charge in [-0.1, -0.05) is 5.16 Å². The summed E-state index contributed by atoms with van der Waals surface area (Å²) in [5, 5.41) is 3.94. The fraction of sp³-hybridized carbons (Fsp3) is 0.500. The van der Waals surface area contributed by atoms with Crippen LogP contribution in [0.15, 0.2) is 10.6 Å². The first-order valence-electron chi connectivity index (χ1n) is 8.55. The van der Waals surface area contributed by atoms with Crippen LogP contribution in [-0.2, 0) is 6.42 Å². The fourth-order valence-corrected chi connectivity index (χ4v) is 3.98. The normalized spacial score (nSPS) is 20.5. The van der Waals surface area contributed by atoms with Crippen molar-refractivity contribution in [2.75, 3.05) is 6.54 Å². The zero-order chi connectivity index (χ0) is 16.8. The van der Waals surface area contributed by atoms with Gasteiger partial charge in [0.05, 0.1) is 11.7 Å². The molecule has 0 radical (unpaired) electrons. The number of carbonyl (C=O) groups is 2. The number of nitrogens with zero attached hydrogens (tertiary/aromatic N) is 2. The molecular weight excluding hydrogens is 306 g/mol. The summed E-state index contributed by atoms with van der Waals surface area (Å²) in [5.74, 6) is 0.836. The largest absolute Gasteiger partial charge is 0.359 e. The van der Waals surface area contributed by atoms with Crippen LogP contribution >= 0.6 is 0 Å². The highest BCUT2D eigenvalue weighted by molar-refractivity contribution is 6.04. The van der Waals surface area contributed by atoms with Gasteiger partial charge in [-0.25, -0.2) is 0 Å². The van der Waals surface area contributed by atoms with E-state index in [1.54, 1.807) is 0 Å². The molecular formula is C18H21N3O3. The van der Waals surface area contributed by atoms with Gasteiger partial charge in [0, 0.05) is 30.3 Å². The molecule has 6 nitrogen and oxygen atoms in total. The number of aryl methyl sites for hydroxylation is 2. The Hall–Kier alpha value is -2.37. The van der Waals surface area contributed by atoms with Gasteiger partial charge in [-0.15, -0.1) is 0 Å². The van der Waals surface area contributed by atoms with Crippen molar-refractivity contribution in [1.29, 1.82) is 0 Å². The van der Waals surface area contributed by atoms with E-state index in [-0.39, 0.29) is 17.7 Å². The predicted octanol–water partition coefficient (Wildman–Crippen LogP) is 3.12. The van der Waals surface area contributed by atoms with E-state index < -0.39 is 0 Å². The number of nitrogens with one attached hydrogen (secondary N) is 1. The number of hydrogen-bond donors (Lipinski definition) is 1. The lowest BCUT2D eigenvalue weighted by atomic mass is 9.93. The first-order chi connectivity index (χ1) is 11.6. The molecule has 0 spiro atoms. The number of fused-ring (bicyclic) bond motifs is 1. The van der Waals surface area contributed by atoms with Crippen LogP contribution in [0.5, 0.6) is 0 Å². The Morgan fingerprint density at radius 2 is 2.17 bits per heavy atom. The molecule has 1 atom stereocenters. The number of Topliss-reactive ketones (excluding diaryl/α,β-unsaturated/α-hetero) is 1. The third-order valence-corrected chi connectivity index (χ3v) is 5.14. The number of carbonyl (C=O) groups excluding carboxylic acids is 2. The number of ketones is 1. The van der Waals surface area contributed by atoms with Crippen LogP contribution in [0.2, 0.25) is 0 Å². The lowest BCUT2D eigenvalue weighted by Crippen LogP contribution is -2.31. The summed E-state index contributed by atoms with van der Waals surface area (Å²) in [6.45, 7) is 4.44. The molecule has 0 saturated carbocycles. The molecule has 1 fully saturated rings. The minimum Gasteiger partial charge on any atom is -0.359 e. The number of rotatable bonds is 2. The van der Waals surface area contributed by atoms with Gasteiger partial charge in [-0.05, 0) is 45.1 Å². The van der Waals surface area contributed by atoms with Crippen molar-refractivity contribution in [3.05, 3.63) is 40.0 Å². The van der Waals surface area contributed by atoms with E-state index in [4.69, 9.17) is 4.52 Å². The van der Waals surface area contributed by atoms with Crippen molar-refractivity contribution < 1.29 is 14.1 Å². The van der Waals surface area contributed by atoms with Crippen molar-refractivity contribution in [1.82, 2.24) is 15.0 Å². The van der Waals surface area contributed by atoms with E-state index in [9.17, 15) is 9.59 Å². The van der Waals surface area contributed by atoms with E-state index in [0.717, 1.165) is 54.0 Å². The summed E-state index contributed by atoms with van der Waals surface area (Å²) >= 11 is 0. The Kier molecular flexibility index (Phi) is 3.55. The Morgan fingerprint density at radius 1 is 1.33 bits per heavy atom. The second-order valence-corrected chi connectivity index (χ2v) is 6.78. The lowest BCUT2D eigenvalue weighted by molar-refractivity contribution is 0.0708. The SMILES string of the molecule is Cc1cc([C@@H]2CCCN2C(=O)c2[nH]c3c(c2C)C(=O)CCC3)on1. The number of hydrogen-bond acceptors (Lipinski definition) is 4. The van der Waals surface area contributed by atoms with Gasteiger partial charge in [-0.3, -0.25) is 9.59 Å².